The number of pyridine rings is 1. The molecule has 2 aromatic rings. The number of hydrogen-bond acceptors (Lipinski definition) is 1. The molecule has 0 atom stereocenters. The van der Waals surface area contributed by atoms with E-state index in [4.69, 9.17) is 16.6 Å². The van der Waals surface area contributed by atoms with Gasteiger partial charge in [-0.05, 0) is 30.4 Å². The van der Waals surface area contributed by atoms with Crippen LogP contribution in [0.25, 0.3) is 10.9 Å². The Hall–Kier alpha value is -1.08. The van der Waals surface area contributed by atoms with E-state index in [1.54, 1.807) is 0 Å². The van der Waals surface area contributed by atoms with Crippen molar-refractivity contribution in [3.05, 3.63) is 40.5 Å². The lowest BCUT2D eigenvalue weighted by Crippen LogP contribution is -1.99. The normalized spacial score (nSPS) is 11.4. The van der Waals surface area contributed by atoms with E-state index in [1.165, 1.54) is 5.56 Å². The van der Waals surface area contributed by atoms with Gasteiger partial charge in [0, 0.05) is 11.1 Å². The van der Waals surface area contributed by atoms with E-state index in [-0.39, 0.29) is 0 Å². The largest absolute Gasteiger partial charge is 0.252 e. The smallest absolute Gasteiger partial charge is 0.0752 e. The molecule has 1 aromatic carbocycles. The van der Waals surface area contributed by atoms with Gasteiger partial charge in [0.05, 0.1) is 10.5 Å². The Morgan fingerprint density at radius 3 is 2.72 bits per heavy atom. The highest BCUT2D eigenvalue weighted by Gasteiger charge is 2.08. The van der Waals surface area contributed by atoms with E-state index < -0.39 is 0 Å². The summed E-state index contributed by atoms with van der Waals surface area (Å²) in [5.74, 6) is 0.601. The summed E-state index contributed by atoms with van der Waals surface area (Å²) >= 11 is 6.38. The molecule has 0 aliphatic carbocycles. The van der Waals surface area contributed by atoms with Crippen molar-refractivity contribution in [1.29, 1.82) is 0 Å². The highest BCUT2D eigenvalue weighted by molar-refractivity contribution is 6.35. The number of aryl methyl sites for hydroxylation is 1. The minimum Gasteiger partial charge on any atom is -0.252 e. The highest BCUT2D eigenvalue weighted by Crippen LogP contribution is 2.27. The molecular formula is C16H20ClN. The summed E-state index contributed by atoms with van der Waals surface area (Å²) in [6.45, 7) is 6.61. The molecule has 2 rings (SSSR count). The lowest BCUT2D eigenvalue weighted by molar-refractivity contribution is 0.637. The van der Waals surface area contributed by atoms with Crippen molar-refractivity contribution in [2.45, 2.75) is 40.0 Å². The van der Waals surface area contributed by atoms with E-state index in [0.29, 0.717) is 5.92 Å². The third-order valence-corrected chi connectivity index (χ3v) is 3.38. The summed E-state index contributed by atoms with van der Waals surface area (Å²) in [7, 11) is 0. The molecule has 0 saturated heterocycles. The second-order valence-electron chi connectivity index (χ2n) is 5.26. The molecule has 18 heavy (non-hydrogen) atoms. The van der Waals surface area contributed by atoms with Gasteiger partial charge in [-0.15, -0.1) is 0 Å². The summed E-state index contributed by atoms with van der Waals surface area (Å²) in [6, 6.07) is 8.31. The van der Waals surface area contributed by atoms with Gasteiger partial charge in [0.2, 0.25) is 0 Å². The molecule has 0 spiro atoms. The van der Waals surface area contributed by atoms with Crippen LogP contribution in [-0.2, 0) is 12.8 Å². The maximum absolute atomic E-state index is 6.38. The van der Waals surface area contributed by atoms with Gasteiger partial charge in [-0.1, -0.05) is 57.0 Å². The van der Waals surface area contributed by atoms with Crippen LogP contribution in [0.3, 0.4) is 0 Å². The third kappa shape index (κ3) is 2.84. The van der Waals surface area contributed by atoms with E-state index >= 15 is 0 Å². The van der Waals surface area contributed by atoms with Crippen LogP contribution in [0.1, 0.15) is 38.4 Å². The van der Waals surface area contributed by atoms with Crippen LogP contribution < -0.4 is 0 Å². The molecule has 0 amide bonds. The van der Waals surface area contributed by atoms with Crippen LogP contribution in [0, 0.1) is 5.92 Å². The third-order valence-electron chi connectivity index (χ3n) is 3.06. The van der Waals surface area contributed by atoms with Gasteiger partial charge in [0.1, 0.15) is 0 Å². The van der Waals surface area contributed by atoms with Crippen LogP contribution in [0.5, 0.6) is 0 Å². The Kier molecular flexibility index (Phi) is 4.23. The van der Waals surface area contributed by atoms with Gasteiger partial charge >= 0.3 is 0 Å². The van der Waals surface area contributed by atoms with Crippen molar-refractivity contribution in [3.8, 4) is 0 Å². The van der Waals surface area contributed by atoms with Gasteiger partial charge < -0.3 is 0 Å². The van der Waals surface area contributed by atoms with Crippen LogP contribution in [0.15, 0.2) is 24.3 Å². The van der Waals surface area contributed by atoms with Crippen molar-refractivity contribution >= 4 is 22.5 Å². The molecule has 0 N–H and O–H groups in total. The van der Waals surface area contributed by atoms with Gasteiger partial charge in [0.15, 0.2) is 0 Å². The summed E-state index contributed by atoms with van der Waals surface area (Å²) in [6.07, 6.45) is 3.18. The number of hydrogen-bond donors (Lipinski definition) is 0. The molecule has 1 heterocycles. The molecule has 0 aliphatic heterocycles. The maximum Gasteiger partial charge on any atom is 0.0752 e. The van der Waals surface area contributed by atoms with Crippen molar-refractivity contribution < 1.29 is 0 Å². The lowest BCUT2D eigenvalue weighted by Gasteiger charge is -2.10. The molecule has 96 valence electrons. The fraction of sp³-hybridized carbons (Fsp3) is 0.438. The summed E-state index contributed by atoms with van der Waals surface area (Å²) in [4.78, 5) is 4.81. The van der Waals surface area contributed by atoms with Gasteiger partial charge in [-0.3, -0.25) is 4.98 Å². The van der Waals surface area contributed by atoms with E-state index in [0.717, 1.165) is 40.9 Å². The average molecular weight is 262 g/mol. The first-order valence-electron chi connectivity index (χ1n) is 6.68. The van der Waals surface area contributed by atoms with E-state index in [1.807, 2.05) is 6.07 Å². The first-order valence-corrected chi connectivity index (χ1v) is 7.06. The lowest BCUT2D eigenvalue weighted by atomic mass is 10.0. The fourth-order valence-corrected chi connectivity index (χ4v) is 2.59. The zero-order valence-corrected chi connectivity index (χ0v) is 12.1. The number of halogens is 1. The van der Waals surface area contributed by atoms with Crippen LogP contribution in [-0.4, -0.2) is 4.98 Å². The topological polar surface area (TPSA) is 12.9 Å². The number of nitrogens with zero attached hydrogens (tertiary/aromatic N) is 1. The second kappa shape index (κ2) is 5.71. The minimum atomic E-state index is 0.601. The molecule has 0 bridgehead atoms. The molecule has 2 heteroatoms. The molecule has 0 unspecified atom stereocenters. The summed E-state index contributed by atoms with van der Waals surface area (Å²) < 4.78 is 0. The van der Waals surface area contributed by atoms with Gasteiger partial charge in [-0.25, -0.2) is 0 Å². The summed E-state index contributed by atoms with van der Waals surface area (Å²) in [5.41, 5.74) is 3.50. The van der Waals surface area contributed by atoms with Crippen LogP contribution in [0.4, 0.5) is 0 Å². The first-order chi connectivity index (χ1) is 8.61. The predicted octanol–water partition coefficient (Wildman–Crippen LogP) is 5.04. The van der Waals surface area contributed by atoms with Crippen LogP contribution in [0.2, 0.25) is 5.02 Å². The zero-order valence-electron chi connectivity index (χ0n) is 11.3. The Morgan fingerprint density at radius 1 is 1.28 bits per heavy atom. The van der Waals surface area contributed by atoms with Crippen molar-refractivity contribution in [1.82, 2.24) is 4.98 Å². The minimum absolute atomic E-state index is 0.601. The van der Waals surface area contributed by atoms with Crippen molar-refractivity contribution in [3.63, 3.8) is 0 Å². The number of benzene rings is 1. The molecule has 0 saturated carbocycles. The van der Waals surface area contributed by atoms with Gasteiger partial charge in [-0.2, -0.15) is 0 Å². The standard InChI is InChI=1S/C16H20ClN/c1-4-6-12-7-5-8-14-15(17)10-13(9-11(2)3)18-16(12)14/h5,7-8,10-11H,4,6,9H2,1-3H3. The monoisotopic (exact) mass is 261 g/mol. The zero-order chi connectivity index (χ0) is 13.1. The fourth-order valence-electron chi connectivity index (χ4n) is 2.31. The Bertz CT molecular complexity index is 546. The maximum atomic E-state index is 6.38. The summed E-state index contributed by atoms with van der Waals surface area (Å²) in [5, 5.41) is 1.91. The van der Waals surface area contributed by atoms with E-state index in [2.05, 4.69) is 39.0 Å². The molecule has 1 aromatic heterocycles. The Labute approximate surface area is 114 Å². The Balaban J connectivity index is 2.56. The quantitative estimate of drug-likeness (QED) is 0.751. The molecule has 0 radical (unpaired) electrons. The molecule has 0 fully saturated rings. The van der Waals surface area contributed by atoms with E-state index in [9.17, 15) is 0 Å². The average Bonchev–Trinajstić information content (AvgIpc) is 2.30. The number of rotatable bonds is 4. The second-order valence-corrected chi connectivity index (χ2v) is 5.66. The molecular weight excluding hydrogens is 242 g/mol. The predicted molar refractivity (Wildman–Crippen MR) is 79.3 cm³/mol. The number of fused-ring (bicyclic) bond motifs is 1. The highest BCUT2D eigenvalue weighted by atomic mass is 35.5. The Morgan fingerprint density at radius 2 is 2.06 bits per heavy atom. The van der Waals surface area contributed by atoms with Crippen molar-refractivity contribution in [2.24, 2.45) is 5.92 Å². The molecule has 1 nitrogen and oxygen atoms in total. The molecule has 0 aliphatic rings. The SMILES string of the molecule is CCCc1cccc2c(Cl)cc(CC(C)C)nc12. The first kappa shape index (κ1) is 13.4. The van der Waals surface area contributed by atoms with Crippen LogP contribution >= 0.6 is 11.6 Å². The van der Waals surface area contributed by atoms with Gasteiger partial charge in [0.25, 0.3) is 0 Å². The number of aromatic nitrogens is 1. The number of para-hydroxylation sites is 1. The van der Waals surface area contributed by atoms with Crippen molar-refractivity contribution in [2.75, 3.05) is 0 Å².